The Kier molecular flexibility index (Phi) is 5.96. The number of aliphatic hydroxyl groups is 1. The fourth-order valence-electron chi connectivity index (χ4n) is 2.08. The largest absolute Gasteiger partial charge is 0.390 e. The molecule has 2 rings (SSSR count). The van der Waals surface area contributed by atoms with Gasteiger partial charge >= 0.3 is 0 Å². The number of hydrogen-bond acceptors (Lipinski definition) is 3. The molecule has 0 bridgehead atoms. The number of aromatic nitrogens is 3. The van der Waals surface area contributed by atoms with Gasteiger partial charge in [0.15, 0.2) is 0 Å². The van der Waals surface area contributed by atoms with Crippen molar-refractivity contribution in [1.29, 1.82) is 0 Å². The highest BCUT2D eigenvalue weighted by Crippen LogP contribution is 2.15. The average Bonchev–Trinajstić information content (AvgIpc) is 2.89. The van der Waals surface area contributed by atoms with Crippen molar-refractivity contribution in [1.82, 2.24) is 15.0 Å². The summed E-state index contributed by atoms with van der Waals surface area (Å²) in [5, 5.41) is 18.2. The van der Waals surface area contributed by atoms with Crippen molar-refractivity contribution in [2.75, 3.05) is 0 Å². The fraction of sp³-hybridized carbons (Fsp3) is 0.375. The highest BCUT2D eigenvalue weighted by atomic mass is 35.5. The molecule has 0 radical (unpaired) electrons. The van der Waals surface area contributed by atoms with Crippen LogP contribution in [0.3, 0.4) is 0 Å². The molecule has 0 aliphatic carbocycles. The van der Waals surface area contributed by atoms with Gasteiger partial charge in [0.05, 0.1) is 12.3 Å². The molecule has 21 heavy (non-hydrogen) atoms. The molecule has 1 aromatic carbocycles. The van der Waals surface area contributed by atoms with E-state index in [1.165, 1.54) is 0 Å². The van der Waals surface area contributed by atoms with Crippen LogP contribution in [0.15, 0.2) is 24.3 Å². The molecule has 0 saturated heterocycles. The van der Waals surface area contributed by atoms with E-state index in [9.17, 15) is 5.11 Å². The maximum absolute atomic E-state index is 9.37. The Morgan fingerprint density at radius 2 is 1.95 bits per heavy atom. The van der Waals surface area contributed by atoms with Crippen molar-refractivity contribution < 1.29 is 5.11 Å². The van der Waals surface area contributed by atoms with E-state index in [0.717, 1.165) is 42.1 Å². The van der Waals surface area contributed by atoms with Crippen molar-refractivity contribution in [3.8, 4) is 0 Å². The maximum atomic E-state index is 9.37. The van der Waals surface area contributed by atoms with Crippen molar-refractivity contribution in [3.05, 3.63) is 46.2 Å². The Morgan fingerprint density at radius 1 is 1.19 bits per heavy atom. The number of unbranched alkanes of at least 4 members (excludes halogenated alkanes) is 2. The summed E-state index contributed by atoms with van der Waals surface area (Å²) in [6.45, 7) is 2.89. The van der Waals surface area contributed by atoms with Crippen LogP contribution in [0.25, 0.3) is 12.2 Å². The van der Waals surface area contributed by atoms with Gasteiger partial charge in [-0.3, -0.25) is 0 Å². The van der Waals surface area contributed by atoms with Crippen LogP contribution in [0.2, 0.25) is 5.02 Å². The van der Waals surface area contributed by atoms with E-state index >= 15 is 0 Å². The summed E-state index contributed by atoms with van der Waals surface area (Å²) in [5.41, 5.74) is 2.52. The first-order chi connectivity index (χ1) is 10.2. The Hall–Kier alpha value is -1.65. The lowest BCUT2D eigenvalue weighted by atomic mass is 10.2. The van der Waals surface area contributed by atoms with Crippen molar-refractivity contribution >= 4 is 23.8 Å². The summed E-state index contributed by atoms with van der Waals surface area (Å²) >= 11 is 5.87. The molecule has 0 fully saturated rings. The average molecular weight is 306 g/mol. The van der Waals surface area contributed by atoms with Crippen LogP contribution < -0.4 is 0 Å². The van der Waals surface area contributed by atoms with E-state index in [-0.39, 0.29) is 6.61 Å². The van der Waals surface area contributed by atoms with E-state index < -0.39 is 0 Å². The van der Waals surface area contributed by atoms with Gasteiger partial charge in [-0.1, -0.05) is 54.8 Å². The second-order valence-electron chi connectivity index (χ2n) is 4.89. The Bertz CT molecular complexity index is 590. The standard InChI is InChI=1S/C16H20ClN3O/c1-2-3-4-11-20-16(15(12-21)18-19-20)10-7-13-5-8-14(17)9-6-13/h5-10,21H,2-4,11-12H2,1H3/b10-7+. The fourth-order valence-corrected chi connectivity index (χ4v) is 2.20. The quantitative estimate of drug-likeness (QED) is 0.792. The minimum absolute atomic E-state index is 0.103. The van der Waals surface area contributed by atoms with E-state index in [4.69, 9.17) is 11.6 Å². The molecule has 0 aliphatic rings. The zero-order valence-corrected chi connectivity index (χ0v) is 12.9. The van der Waals surface area contributed by atoms with Gasteiger partial charge in [-0.2, -0.15) is 0 Å². The van der Waals surface area contributed by atoms with Crippen LogP contribution in [0.5, 0.6) is 0 Å². The highest BCUT2D eigenvalue weighted by Gasteiger charge is 2.08. The predicted octanol–water partition coefficient (Wildman–Crippen LogP) is 3.78. The van der Waals surface area contributed by atoms with Gasteiger partial charge in [0.2, 0.25) is 0 Å². The Morgan fingerprint density at radius 3 is 2.62 bits per heavy atom. The molecule has 2 aromatic rings. The molecule has 1 aromatic heterocycles. The molecule has 0 aliphatic heterocycles. The number of aliphatic hydroxyl groups excluding tert-OH is 1. The maximum Gasteiger partial charge on any atom is 0.115 e. The minimum atomic E-state index is -0.103. The van der Waals surface area contributed by atoms with Gasteiger partial charge in [0.25, 0.3) is 0 Å². The van der Waals surface area contributed by atoms with Crippen molar-refractivity contribution in [2.45, 2.75) is 39.3 Å². The SMILES string of the molecule is CCCCCn1nnc(CO)c1/C=C/c1ccc(Cl)cc1. The number of benzene rings is 1. The van der Waals surface area contributed by atoms with Crippen LogP contribution in [-0.2, 0) is 13.2 Å². The van der Waals surface area contributed by atoms with Gasteiger partial charge in [-0.05, 0) is 30.2 Å². The van der Waals surface area contributed by atoms with Crippen LogP contribution in [0.4, 0.5) is 0 Å². The van der Waals surface area contributed by atoms with E-state index in [0.29, 0.717) is 5.69 Å². The first kappa shape index (κ1) is 15.7. The Balaban J connectivity index is 2.16. The third-order valence-electron chi connectivity index (χ3n) is 3.27. The number of halogens is 1. The topological polar surface area (TPSA) is 50.9 Å². The third kappa shape index (κ3) is 4.41. The summed E-state index contributed by atoms with van der Waals surface area (Å²) in [4.78, 5) is 0. The lowest BCUT2D eigenvalue weighted by Crippen LogP contribution is -2.03. The molecule has 0 unspecified atom stereocenters. The monoisotopic (exact) mass is 305 g/mol. The van der Waals surface area contributed by atoms with Crippen LogP contribution in [-0.4, -0.2) is 20.1 Å². The van der Waals surface area contributed by atoms with E-state index in [2.05, 4.69) is 17.2 Å². The zero-order valence-electron chi connectivity index (χ0n) is 12.2. The summed E-state index contributed by atoms with van der Waals surface area (Å²) in [6.07, 6.45) is 7.31. The number of nitrogens with zero attached hydrogens (tertiary/aromatic N) is 3. The van der Waals surface area contributed by atoms with Crippen LogP contribution in [0.1, 0.15) is 43.1 Å². The first-order valence-electron chi connectivity index (χ1n) is 7.21. The molecule has 5 heteroatoms. The van der Waals surface area contributed by atoms with Gasteiger partial charge in [0.1, 0.15) is 5.69 Å². The molecule has 112 valence electrons. The number of aryl methyl sites for hydroxylation is 1. The van der Waals surface area contributed by atoms with Crippen molar-refractivity contribution in [3.63, 3.8) is 0 Å². The van der Waals surface area contributed by atoms with Gasteiger partial charge < -0.3 is 5.11 Å². The molecule has 0 saturated carbocycles. The lowest BCUT2D eigenvalue weighted by Gasteiger charge is -2.03. The number of rotatable bonds is 7. The summed E-state index contributed by atoms with van der Waals surface area (Å²) in [6, 6.07) is 7.60. The molecule has 1 heterocycles. The molecule has 4 nitrogen and oxygen atoms in total. The second-order valence-corrected chi connectivity index (χ2v) is 5.33. The Labute approximate surface area is 130 Å². The normalized spacial score (nSPS) is 11.4. The summed E-state index contributed by atoms with van der Waals surface area (Å²) in [5.74, 6) is 0. The molecular formula is C16H20ClN3O. The predicted molar refractivity (Wildman–Crippen MR) is 85.8 cm³/mol. The molecule has 1 N–H and O–H groups in total. The summed E-state index contributed by atoms with van der Waals surface area (Å²) in [7, 11) is 0. The summed E-state index contributed by atoms with van der Waals surface area (Å²) < 4.78 is 1.85. The number of hydrogen-bond donors (Lipinski definition) is 1. The smallest absolute Gasteiger partial charge is 0.115 e. The minimum Gasteiger partial charge on any atom is -0.390 e. The van der Waals surface area contributed by atoms with Gasteiger partial charge in [0, 0.05) is 11.6 Å². The molecular weight excluding hydrogens is 286 g/mol. The molecule has 0 atom stereocenters. The molecule has 0 amide bonds. The second kappa shape index (κ2) is 7.96. The van der Waals surface area contributed by atoms with E-state index in [1.54, 1.807) is 0 Å². The van der Waals surface area contributed by atoms with Crippen LogP contribution in [0, 0.1) is 0 Å². The lowest BCUT2D eigenvalue weighted by molar-refractivity contribution is 0.276. The zero-order chi connectivity index (χ0) is 15.1. The first-order valence-corrected chi connectivity index (χ1v) is 7.59. The van der Waals surface area contributed by atoms with Gasteiger partial charge in [-0.15, -0.1) is 5.10 Å². The van der Waals surface area contributed by atoms with Crippen molar-refractivity contribution in [2.24, 2.45) is 0 Å². The third-order valence-corrected chi connectivity index (χ3v) is 3.53. The van der Waals surface area contributed by atoms with Gasteiger partial charge in [-0.25, -0.2) is 4.68 Å². The molecule has 0 spiro atoms. The van der Waals surface area contributed by atoms with Crippen LogP contribution >= 0.6 is 11.6 Å². The highest BCUT2D eigenvalue weighted by molar-refractivity contribution is 6.30. The van der Waals surface area contributed by atoms with E-state index in [1.807, 2.05) is 41.1 Å².